The maximum Gasteiger partial charge on any atom is 0.159 e. The molecule has 2 aliphatic heterocycles. The van der Waals surface area contributed by atoms with E-state index in [-0.39, 0.29) is 5.78 Å². The van der Waals surface area contributed by atoms with E-state index >= 15 is 0 Å². The van der Waals surface area contributed by atoms with E-state index in [4.69, 9.17) is 0 Å². The van der Waals surface area contributed by atoms with Crippen molar-refractivity contribution in [3.8, 4) is 0 Å². The number of anilines is 1. The van der Waals surface area contributed by atoms with Crippen molar-refractivity contribution >= 4 is 11.5 Å². The van der Waals surface area contributed by atoms with Crippen LogP contribution in [0, 0.1) is 11.8 Å². The highest BCUT2D eigenvalue weighted by atomic mass is 16.1. The first-order valence-corrected chi connectivity index (χ1v) is 6.79. The van der Waals surface area contributed by atoms with Crippen LogP contribution < -0.4 is 10.2 Å². The maximum absolute atomic E-state index is 11.3. The van der Waals surface area contributed by atoms with Gasteiger partial charge in [-0.2, -0.15) is 0 Å². The van der Waals surface area contributed by atoms with Crippen molar-refractivity contribution in [1.29, 1.82) is 0 Å². The summed E-state index contributed by atoms with van der Waals surface area (Å²) in [6.45, 7) is 6.20. The molecule has 2 fully saturated rings. The van der Waals surface area contributed by atoms with E-state index in [0.717, 1.165) is 43.6 Å². The Kier molecular flexibility index (Phi) is 3.08. The van der Waals surface area contributed by atoms with Crippen molar-refractivity contribution in [3.05, 3.63) is 29.8 Å². The molecule has 18 heavy (non-hydrogen) atoms. The Balaban J connectivity index is 1.76. The fraction of sp³-hybridized carbons (Fsp3) is 0.533. The third-order valence-corrected chi connectivity index (χ3v) is 4.13. The van der Waals surface area contributed by atoms with Crippen molar-refractivity contribution in [3.63, 3.8) is 0 Å². The number of fused-ring (bicyclic) bond motifs is 2. The van der Waals surface area contributed by atoms with E-state index in [9.17, 15) is 4.79 Å². The molecule has 3 rings (SSSR count). The number of carbonyl (C=O) groups excluding carboxylic acids is 1. The molecule has 0 saturated carbocycles. The van der Waals surface area contributed by atoms with Crippen molar-refractivity contribution in [2.75, 3.05) is 31.1 Å². The lowest BCUT2D eigenvalue weighted by Crippen LogP contribution is -2.51. The smallest absolute Gasteiger partial charge is 0.159 e. The number of carbonyl (C=O) groups is 1. The lowest BCUT2D eigenvalue weighted by atomic mass is 9.85. The fourth-order valence-electron chi connectivity index (χ4n) is 3.22. The van der Waals surface area contributed by atoms with Crippen LogP contribution in [-0.2, 0) is 0 Å². The molecule has 0 aromatic heterocycles. The monoisotopic (exact) mass is 244 g/mol. The Morgan fingerprint density at radius 1 is 1.17 bits per heavy atom. The number of nitrogens with zero attached hydrogens (tertiary/aromatic N) is 1. The van der Waals surface area contributed by atoms with Crippen LogP contribution >= 0.6 is 0 Å². The Morgan fingerprint density at radius 2 is 1.78 bits per heavy atom. The highest BCUT2D eigenvalue weighted by Gasteiger charge is 2.30. The number of hydrogen-bond acceptors (Lipinski definition) is 3. The van der Waals surface area contributed by atoms with E-state index in [0.29, 0.717) is 0 Å². The molecule has 2 atom stereocenters. The van der Waals surface area contributed by atoms with E-state index in [2.05, 4.69) is 22.3 Å². The first-order chi connectivity index (χ1) is 8.72. The first-order valence-electron chi connectivity index (χ1n) is 6.79. The Bertz CT molecular complexity index is 428. The van der Waals surface area contributed by atoms with Gasteiger partial charge in [0, 0.05) is 24.3 Å². The van der Waals surface area contributed by atoms with Crippen LogP contribution in [0.4, 0.5) is 5.69 Å². The molecule has 0 radical (unpaired) electrons. The molecule has 2 saturated heterocycles. The molecule has 3 heteroatoms. The fourth-order valence-corrected chi connectivity index (χ4v) is 3.22. The second-order valence-corrected chi connectivity index (χ2v) is 5.63. The Labute approximate surface area is 108 Å². The van der Waals surface area contributed by atoms with Crippen LogP contribution in [0.5, 0.6) is 0 Å². The summed E-state index contributed by atoms with van der Waals surface area (Å²) >= 11 is 0. The van der Waals surface area contributed by atoms with Crippen LogP contribution in [0.15, 0.2) is 24.3 Å². The number of nitrogens with one attached hydrogen (secondary N) is 1. The third kappa shape index (κ3) is 2.27. The minimum absolute atomic E-state index is 0.140. The highest BCUT2D eigenvalue weighted by molar-refractivity contribution is 5.94. The number of ketones is 1. The zero-order valence-corrected chi connectivity index (χ0v) is 10.9. The average molecular weight is 244 g/mol. The SMILES string of the molecule is CC(=O)c1ccc(N2CC3CNCC(C3)C2)cc1. The van der Waals surface area contributed by atoms with Crippen LogP contribution in [-0.4, -0.2) is 32.0 Å². The predicted molar refractivity (Wildman–Crippen MR) is 73.1 cm³/mol. The van der Waals surface area contributed by atoms with Crippen LogP contribution in [0.1, 0.15) is 23.7 Å². The zero-order chi connectivity index (χ0) is 12.5. The minimum atomic E-state index is 0.140. The summed E-state index contributed by atoms with van der Waals surface area (Å²) in [6.07, 6.45) is 1.37. The van der Waals surface area contributed by atoms with Gasteiger partial charge in [0.1, 0.15) is 0 Å². The summed E-state index contributed by atoms with van der Waals surface area (Å²) in [4.78, 5) is 13.7. The molecular formula is C15H20N2O. The van der Waals surface area contributed by atoms with E-state index in [1.165, 1.54) is 12.1 Å². The molecule has 96 valence electrons. The topological polar surface area (TPSA) is 32.3 Å². The molecule has 2 unspecified atom stereocenters. The summed E-state index contributed by atoms with van der Waals surface area (Å²) in [5.74, 6) is 1.70. The van der Waals surface area contributed by atoms with Crippen LogP contribution in [0.2, 0.25) is 0 Å². The zero-order valence-electron chi connectivity index (χ0n) is 10.9. The number of piperidine rings is 2. The summed E-state index contributed by atoms with van der Waals surface area (Å²) in [6, 6.07) is 8.07. The average Bonchev–Trinajstić information content (AvgIpc) is 2.38. The molecule has 2 heterocycles. The molecule has 2 bridgehead atoms. The molecule has 1 N–H and O–H groups in total. The summed E-state index contributed by atoms with van der Waals surface area (Å²) in [7, 11) is 0. The lowest BCUT2D eigenvalue weighted by molar-refractivity contribution is 0.101. The Hall–Kier alpha value is -1.35. The highest BCUT2D eigenvalue weighted by Crippen LogP contribution is 2.28. The van der Waals surface area contributed by atoms with Gasteiger partial charge in [-0.25, -0.2) is 0 Å². The normalized spacial score (nSPS) is 27.1. The first kappa shape index (κ1) is 11.7. The van der Waals surface area contributed by atoms with Gasteiger partial charge in [0.15, 0.2) is 5.78 Å². The molecular weight excluding hydrogens is 224 g/mol. The molecule has 3 nitrogen and oxygen atoms in total. The summed E-state index contributed by atoms with van der Waals surface area (Å²) in [5.41, 5.74) is 2.06. The van der Waals surface area contributed by atoms with Gasteiger partial charge in [0.05, 0.1) is 0 Å². The van der Waals surface area contributed by atoms with Gasteiger partial charge in [0.25, 0.3) is 0 Å². The summed E-state index contributed by atoms with van der Waals surface area (Å²) < 4.78 is 0. The van der Waals surface area contributed by atoms with Crippen molar-refractivity contribution in [2.45, 2.75) is 13.3 Å². The van der Waals surface area contributed by atoms with Crippen LogP contribution in [0.3, 0.4) is 0 Å². The lowest BCUT2D eigenvalue weighted by Gasteiger charge is -2.42. The third-order valence-electron chi connectivity index (χ3n) is 4.13. The second-order valence-electron chi connectivity index (χ2n) is 5.63. The molecule has 0 spiro atoms. The van der Waals surface area contributed by atoms with Gasteiger partial charge in [0.2, 0.25) is 0 Å². The molecule has 0 amide bonds. The quantitative estimate of drug-likeness (QED) is 0.807. The van der Waals surface area contributed by atoms with Gasteiger partial charge >= 0.3 is 0 Å². The van der Waals surface area contributed by atoms with Gasteiger partial charge in [-0.1, -0.05) is 0 Å². The molecule has 2 aliphatic rings. The molecule has 0 aliphatic carbocycles. The minimum Gasteiger partial charge on any atom is -0.371 e. The van der Waals surface area contributed by atoms with Crippen LogP contribution in [0.25, 0.3) is 0 Å². The second kappa shape index (κ2) is 4.73. The van der Waals surface area contributed by atoms with Gasteiger partial charge < -0.3 is 10.2 Å². The van der Waals surface area contributed by atoms with Crippen molar-refractivity contribution in [1.82, 2.24) is 5.32 Å². The molecule has 1 aromatic rings. The van der Waals surface area contributed by atoms with Gasteiger partial charge in [-0.15, -0.1) is 0 Å². The van der Waals surface area contributed by atoms with Crippen molar-refractivity contribution < 1.29 is 4.79 Å². The van der Waals surface area contributed by atoms with E-state index in [1.807, 2.05) is 12.1 Å². The maximum atomic E-state index is 11.3. The largest absolute Gasteiger partial charge is 0.371 e. The van der Waals surface area contributed by atoms with Crippen molar-refractivity contribution in [2.24, 2.45) is 11.8 Å². The molecule has 1 aromatic carbocycles. The van der Waals surface area contributed by atoms with E-state index in [1.54, 1.807) is 6.92 Å². The predicted octanol–water partition coefficient (Wildman–Crippen LogP) is 1.93. The van der Waals surface area contributed by atoms with Gasteiger partial charge in [-0.05, 0) is 62.5 Å². The standard InChI is InChI=1S/C15H20N2O/c1-11(18)14-2-4-15(5-3-14)17-9-12-6-13(10-17)8-16-7-12/h2-5,12-13,16H,6-10H2,1H3. The number of rotatable bonds is 2. The van der Waals surface area contributed by atoms with E-state index < -0.39 is 0 Å². The number of Topliss-reactive ketones (excluding diaryl/α,β-unsaturated/α-hetero) is 1. The summed E-state index contributed by atoms with van der Waals surface area (Å²) in [5, 5.41) is 3.51. The van der Waals surface area contributed by atoms with Gasteiger partial charge in [-0.3, -0.25) is 4.79 Å². The Morgan fingerprint density at radius 3 is 2.33 bits per heavy atom. The number of benzene rings is 1. The number of hydrogen-bond donors (Lipinski definition) is 1.